The van der Waals surface area contributed by atoms with Crippen molar-refractivity contribution < 1.29 is 22.7 Å². The Balaban J connectivity index is 1.41. The van der Waals surface area contributed by atoms with Gasteiger partial charge in [-0.25, -0.2) is 13.1 Å². The predicted molar refractivity (Wildman–Crippen MR) is 165 cm³/mol. The van der Waals surface area contributed by atoms with Crippen LogP contribution in [-0.4, -0.2) is 46.1 Å². The van der Waals surface area contributed by atoms with E-state index >= 15 is 0 Å². The summed E-state index contributed by atoms with van der Waals surface area (Å²) in [5, 5.41) is 0.736. The number of anilines is 1. The number of ether oxygens (including phenoxy) is 1. The Hall–Kier alpha value is -2.58. The Labute approximate surface area is 254 Å². The first-order valence-electron chi connectivity index (χ1n) is 15.4. The van der Waals surface area contributed by atoms with Gasteiger partial charge in [0.25, 0.3) is 5.91 Å². The number of aryl methyl sites for hydroxylation is 1. The Kier molecular flexibility index (Phi) is 8.07. The van der Waals surface area contributed by atoms with Gasteiger partial charge < -0.3 is 14.4 Å². The van der Waals surface area contributed by atoms with Crippen LogP contribution in [0.25, 0.3) is 0 Å². The van der Waals surface area contributed by atoms with Crippen molar-refractivity contribution in [2.45, 2.75) is 64.2 Å². The molecule has 42 heavy (non-hydrogen) atoms. The molecule has 1 N–H and O–H groups in total. The van der Waals surface area contributed by atoms with Gasteiger partial charge in [0.2, 0.25) is 10.0 Å². The fourth-order valence-electron chi connectivity index (χ4n) is 7.80. The molecular formula is C33H41ClN2O5S. The Bertz CT molecular complexity index is 1480. The van der Waals surface area contributed by atoms with Crippen LogP contribution in [0.3, 0.4) is 0 Å². The van der Waals surface area contributed by atoms with Crippen LogP contribution >= 0.6 is 11.6 Å². The summed E-state index contributed by atoms with van der Waals surface area (Å²) in [5.41, 5.74) is 3.37. The summed E-state index contributed by atoms with van der Waals surface area (Å²) < 4.78 is 34.9. The number of sulfonamides is 1. The van der Waals surface area contributed by atoms with Crippen LogP contribution in [0.5, 0.6) is 5.75 Å². The fourth-order valence-corrected chi connectivity index (χ4v) is 9.50. The van der Waals surface area contributed by atoms with E-state index in [0.29, 0.717) is 36.3 Å². The van der Waals surface area contributed by atoms with Crippen LogP contribution in [0.2, 0.25) is 5.02 Å². The summed E-state index contributed by atoms with van der Waals surface area (Å²) in [4.78, 5) is 28.0. The molecule has 4 aliphatic rings. The Morgan fingerprint density at radius 2 is 1.90 bits per heavy atom. The third-order valence-electron chi connectivity index (χ3n) is 10.6. The zero-order chi connectivity index (χ0) is 29.6. The molecule has 1 spiro atoms. The second-order valence-corrected chi connectivity index (χ2v) is 15.5. The zero-order valence-corrected chi connectivity index (χ0v) is 26.1. The number of fused-ring (bicyclic) bond motifs is 4. The molecule has 1 amide bonds. The number of hydrogen-bond acceptors (Lipinski definition) is 6. The minimum absolute atomic E-state index is 0.0387. The minimum atomic E-state index is -3.84. The molecule has 0 radical (unpaired) electrons. The molecule has 7 nitrogen and oxygen atoms in total. The molecule has 2 bridgehead atoms. The Morgan fingerprint density at radius 3 is 2.67 bits per heavy atom. The Morgan fingerprint density at radius 1 is 1.07 bits per heavy atom. The quantitative estimate of drug-likeness (QED) is 0.411. The van der Waals surface area contributed by atoms with E-state index < -0.39 is 15.9 Å². The lowest BCUT2D eigenvalue weighted by Gasteiger charge is -2.46. The standard InChI is InChI=1S/C33H41ClN2O5S/c1-21-5-6-26(17-37)28-10-7-25(28)16-36-19-33(13-3-4-23-14-27(34)9-11-29(23)33)20-41-31-12-8-24(15-30(31)36)32(38)35-42(39,40)18-22(21)2/h8-9,11-12,14-15,17,21-22,25-26,28H,3-7,10,13,16,18-20H2,1-2H3,(H,35,38)/t21-,22+,25-,26?,28+,33-/m0/s1. The first-order valence-corrected chi connectivity index (χ1v) is 17.4. The third-order valence-corrected chi connectivity index (χ3v) is 12.3. The van der Waals surface area contributed by atoms with E-state index in [4.69, 9.17) is 16.3 Å². The average Bonchev–Trinajstić information content (AvgIpc) is 3.08. The van der Waals surface area contributed by atoms with E-state index in [-0.39, 0.29) is 28.9 Å². The van der Waals surface area contributed by atoms with Gasteiger partial charge in [0.1, 0.15) is 12.0 Å². The number of carbonyl (C=O) groups excluding carboxylic acids is 2. The first-order chi connectivity index (χ1) is 20.1. The van der Waals surface area contributed by atoms with Crippen molar-refractivity contribution in [2.75, 3.05) is 30.3 Å². The lowest BCUT2D eigenvalue weighted by atomic mass is 9.65. The number of rotatable bonds is 1. The lowest BCUT2D eigenvalue weighted by molar-refractivity contribution is -0.115. The van der Waals surface area contributed by atoms with Crippen molar-refractivity contribution in [3.8, 4) is 5.75 Å². The van der Waals surface area contributed by atoms with Gasteiger partial charge in [0.15, 0.2) is 0 Å². The average molecular weight is 613 g/mol. The number of amides is 1. The van der Waals surface area contributed by atoms with Gasteiger partial charge in [0.05, 0.1) is 18.0 Å². The van der Waals surface area contributed by atoms with E-state index in [9.17, 15) is 18.0 Å². The highest BCUT2D eigenvalue weighted by atomic mass is 35.5. The summed E-state index contributed by atoms with van der Waals surface area (Å²) >= 11 is 6.39. The van der Waals surface area contributed by atoms with Crippen molar-refractivity contribution in [1.82, 2.24) is 4.72 Å². The summed E-state index contributed by atoms with van der Waals surface area (Å²) in [6.07, 6.45) is 7.73. The zero-order valence-electron chi connectivity index (χ0n) is 24.5. The van der Waals surface area contributed by atoms with Crippen LogP contribution in [0.4, 0.5) is 5.69 Å². The van der Waals surface area contributed by atoms with E-state index in [0.717, 1.165) is 68.5 Å². The fraction of sp³-hybridized carbons (Fsp3) is 0.576. The maximum atomic E-state index is 13.3. The van der Waals surface area contributed by atoms with Crippen molar-refractivity contribution in [2.24, 2.45) is 29.6 Å². The molecule has 6 rings (SSSR count). The molecule has 6 atom stereocenters. The van der Waals surface area contributed by atoms with Crippen LogP contribution < -0.4 is 14.4 Å². The van der Waals surface area contributed by atoms with E-state index in [1.54, 1.807) is 18.2 Å². The number of halogens is 1. The lowest BCUT2D eigenvalue weighted by Crippen LogP contribution is -2.49. The monoisotopic (exact) mass is 612 g/mol. The second-order valence-electron chi connectivity index (χ2n) is 13.3. The van der Waals surface area contributed by atoms with Crippen molar-refractivity contribution in [3.63, 3.8) is 0 Å². The molecule has 9 heteroatoms. The molecule has 1 unspecified atom stereocenters. The highest BCUT2D eigenvalue weighted by molar-refractivity contribution is 7.90. The van der Waals surface area contributed by atoms with Gasteiger partial charge in [-0.3, -0.25) is 4.79 Å². The molecular weight excluding hydrogens is 572 g/mol. The van der Waals surface area contributed by atoms with Crippen molar-refractivity contribution >= 4 is 39.5 Å². The maximum absolute atomic E-state index is 13.3. The smallest absolute Gasteiger partial charge is 0.264 e. The van der Waals surface area contributed by atoms with Crippen LogP contribution in [-0.2, 0) is 26.7 Å². The normalized spacial score (nSPS) is 32.8. The molecule has 2 heterocycles. The first kappa shape index (κ1) is 29.5. The molecule has 0 aromatic heterocycles. The number of aldehydes is 1. The number of benzene rings is 2. The number of nitrogens with one attached hydrogen (secondary N) is 1. The third kappa shape index (κ3) is 5.69. The largest absolute Gasteiger partial charge is 0.490 e. The van der Waals surface area contributed by atoms with Crippen LogP contribution in [0.15, 0.2) is 36.4 Å². The topological polar surface area (TPSA) is 92.8 Å². The van der Waals surface area contributed by atoms with Gasteiger partial charge >= 0.3 is 0 Å². The van der Waals surface area contributed by atoms with Gasteiger partial charge in [-0.05, 0) is 110 Å². The predicted octanol–water partition coefficient (Wildman–Crippen LogP) is 5.78. The van der Waals surface area contributed by atoms with Crippen molar-refractivity contribution in [3.05, 3.63) is 58.1 Å². The van der Waals surface area contributed by atoms with Gasteiger partial charge in [0, 0.05) is 35.0 Å². The SMILES string of the molecule is C[C@@H]1CS(=O)(=O)NC(=O)c2ccc3c(c2)N(C[C@@H]2CC[C@H]2C(C=O)CC[C@@H]1C)C[C@@]1(CCCc2cc(Cl)ccc21)CO3. The molecule has 1 saturated carbocycles. The van der Waals surface area contributed by atoms with E-state index in [1.165, 1.54) is 11.1 Å². The number of carbonyl (C=O) groups is 2. The highest BCUT2D eigenvalue weighted by Crippen LogP contribution is 2.47. The van der Waals surface area contributed by atoms with Crippen LogP contribution in [0, 0.1) is 29.6 Å². The summed E-state index contributed by atoms with van der Waals surface area (Å²) in [6.45, 7) is 5.92. The molecule has 2 aliphatic carbocycles. The van der Waals surface area contributed by atoms with Gasteiger partial charge in [-0.2, -0.15) is 0 Å². The summed E-state index contributed by atoms with van der Waals surface area (Å²) in [6, 6.07) is 11.4. The molecule has 226 valence electrons. The summed E-state index contributed by atoms with van der Waals surface area (Å²) in [7, 11) is -3.84. The van der Waals surface area contributed by atoms with Crippen molar-refractivity contribution in [1.29, 1.82) is 0 Å². The van der Waals surface area contributed by atoms with Crippen LogP contribution in [0.1, 0.15) is 73.9 Å². The molecule has 2 aliphatic heterocycles. The second kappa shape index (κ2) is 11.5. The molecule has 0 saturated heterocycles. The molecule has 2 aromatic carbocycles. The number of nitrogens with zero attached hydrogens (tertiary/aromatic N) is 1. The molecule has 2 aromatic rings. The van der Waals surface area contributed by atoms with Gasteiger partial charge in [-0.15, -0.1) is 0 Å². The molecule has 1 fully saturated rings. The van der Waals surface area contributed by atoms with E-state index in [1.807, 2.05) is 19.9 Å². The number of hydrogen-bond donors (Lipinski definition) is 1. The van der Waals surface area contributed by atoms with E-state index in [2.05, 4.69) is 21.8 Å². The summed E-state index contributed by atoms with van der Waals surface area (Å²) in [5.74, 6) is 0.519. The minimum Gasteiger partial charge on any atom is -0.490 e. The maximum Gasteiger partial charge on any atom is 0.264 e. The van der Waals surface area contributed by atoms with Gasteiger partial charge in [-0.1, -0.05) is 31.5 Å². The highest BCUT2D eigenvalue weighted by Gasteiger charge is 2.44.